The first-order valence-corrected chi connectivity index (χ1v) is 6.10. The predicted molar refractivity (Wildman–Crippen MR) is 70.6 cm³/mol. The van der Waals surface area contributed by atoms with Gasteiger partial charge in [-0.1, -0.05) is 25.1 Å². The summed E-state index contributed by atoms with van der Waals surface area (Å²) in [5, 5.41) is 3.25. The number of carbonyl (C=O) groups excluding carboxylic acids is 1. The summed E-state index contributed by atoms with van der Waals surface area (Å²) in [5.74, 6) is 0.580. The van der Waals surface area contributed by atoms with Crippen LogP contribution in [-0.2, 0) is 9.53 Å². The highest BCUT2D eigenvalue weighted by Crippen LogP contribution is 2.24. The minimum atomic E-state index is -0.296. The third-order valence-corrected chi connectivity index (χ3v) is 2.95. The molecule has 0 heterocycles. The van der Waals surface area contributed by atoms with Crippen molar-refractivity contribution in [3.05, 3.63) is 29.8 Å². The Bertz CT molecular complexity index is 392. The molecule has 0 aromatic heterocycles. The summed E-state index contributed by atoms with van der Waals surface area (Å²) in [4.78, 5) is 11.5. The van der Waals surface area contributed by atoms with Crippen LogP contribution in [-0.4, -0.2) is 26.2 Å². The van der Waals surface area contributed by atoms with E-state index < -0.39 is 0 Å². The van der Waals surface area contributed by atoms with Gasteiger partial charge in [0.05, 0.1) is 14.2 Å². The second-order valence-electron chi connectivity index (χ2n) is 4.11. The molecule has 1 aromatic carbocycles. The fourth-order valence-corrected chi connectivity index (χ4v) is 1.91. The molecular formula is C14H21NO3. The van der Waals surface area contributed by atoms with Crippen molar-refractivity contribution in [3.8, 4) is 5.75 Å². The van der Waals surface area contributed by atoms with Crippen molar-refractivity contribution in [1.82, 2.24) is 5.32 Å². The highest BCUT2D eigenvalue weighted by Gasteiger charge is 2.20. The van der Waals surface area contributed by atoms with E-state index in [1.165, 1.54) is 7.11 Å². The van der Waals surface area contributed by atoms with Crippen molar-refractivity contribution in [3.63, 3.8) is 0 Å². The van der Waals surface area contributed by atoms with Crippen LogP contribution in [0, 0.1) is 0 Å². The molecule has 1 unspecified atom stereocenters. The second-order valence-corrected chi connectivity index (χ2v) is 4.11. The Hall–Kier alpha value is -1.55. The van der Waals surface area contributed by atoms with Gasteiger partial charge in [0.15, 0.2) is 0 Å². The van der Waals surface area contributed by atoms with Gasteiger partial charge in [-0.2, -0.15) is 0 Å². The van der Waals surface area contributed by atoms with Gasteiger partial charge in [0.2, 0.25) is 0 Å². The Morgan fingerprint density at radius 1 is 1.33 bits per heavy atom. The van der Waals surface area contributed by atoms with Gasteiger partial charge in [-0.25, -0.2) is 0 Å². The van der Waals surface area contributed by atoms with E-state index in [9.17, 15) is 4.79 Å². The Morgan fingerprint density at radius 3 is 2.56 bits per heavy atom. The van der Waals surface area contributed by atoms with Crippen molar-refractivity contribution < 1.29 is 14.3 Å². The lowest BCUT2D eigenvalue weighted by molar-refractivity contribution is -0.143. The number of carbonyl (C=O) groups is 1. The zero-order valence-electron chi connectivity index (χ0n) is 11.4. The Kier molecular flexibility index (Phi) is 5.65. The number of nitrogens with one attached hydrogen (secondary N) is 1. The number of esters is 1. The molecule has 100 valence electrons. The van der Waals surface area contributed by atoms with E-state index in [0.717, 1.165) is 11.3 Å². The molecule has 1 aromatic rings. The number of benzene rings is 1. The summed E-state index contributed by atoms with van der Waals surface area (Å²) in [6.07, 6.45) is 0.687. The number of methoxy groups -OCH3 is 2. The average molecular weight is 251 g/mol. The molecule has 0 radical (unpaired) electrons. The molecule has 1 N–H and O–H groups in total. The molecule has 0 bridgehead atoms. The Morgan fingerprint density at radius 2 is 2.00 bits per heavy atom. The third kappa shape index (κ3) is 3.47. The predicted octanol–water partition coefficient (Wildman–Crippen LogP) is 2.30. The van der Waals surface area contributed by atoms with E-state index in [0.29, 0.717) is 6.42 Å². The number of ether oxygens (including phenoxy) is 2. The standard InChI is InChI=1S/C14H21NO3/c1-5-12(14(16)18-4)15-10(2)11-8-6-7-9-13(11)17-3/h6-10,12,15H,5H2,1-4H3/t10-,12?/m0/s1. The van der Waals surface area contributed by atoms with Crippen molar-refractivity contribution >= 4 is 5.97 Å². The molecule has 0 aliphatic rings. The first-order valence-electron chi connectivity index (χ1n) is 6.10. The van der Waals surface area contributed by atoms with E-state index >= 15 is 0 Å². The van der Waals surface area contributed by atoms with Crippen LogP contribution in [0.2, 0.25) is 0 Å². The summed E-state index contributed by atoms with van der Waals surface area (Å²) in [6.45, 7) is 3.95. The maximum atomic E-state index is 11.5. The maximum Gasteiger partial charge on any atom is 0.322 e. The normalized spacial score (nSPS) is 13.8. The van der Waals surface area contributed by atoms with Gasteiger partial charge in [0.1, 0.15) is 11.8 Å². The number of hydrogen-bond donors (Lipinski definition) is 1. The fraction of sp³-hybridized carbons (Fsp3) is 0.500. The summed E-state index contributed by atoms with van der Waals surface area (Å²) < 4.78 is 10.1. The topological polar surface area (TPSA) is 47.6 Å². The third-order valence-electron chi connectivity index (χ3n) is 2.95. The second kappa shape index (κ2) is 7.01. The van der Waals surface area contributed by atoms with Crippen LogP contribution in [0.1, 0.15) is 31.9 Å². The first kappa shape index (κ1) is 14.5. The van der Waals surface area contributed by atoms with E-state index in [4.69, 9.17) is 9.47 Å². The molecule has 0 saturated heterocycles. The molecule has 18 heavy (non-hydrogen) atoms. The van der Waals surface area contributed by atoms with Gasteiger partial charge < -0.3 is 9.47 Å². The molecule has 4 heteroatoms. The smallest absolute Gasteiger partial charge is 0.322 e. The molecule has 0 saturated carbocycles. The van der Waals surface area contributed by atoms with Crippen molar-refractivity contribution in [2.75, 3.05) is 14.2 Å². The quantitative estimate of drug-likeness (QED) is 0.788. The van der Waals surface area contributed by atoms with Crippen LogP contribution in [0.25, 0.3) is 0 Å². The summed E-state index contributed by atoms with van der Waals surface area (Å²) in [6, 6.07) is 7.50. The molecule has 4 nitrogen and oxygen atoms in total. The molecule has 0 fully saturated rings. The highest BCUT2D eigenvalue weighted by molar-refractivity contribution is 5.75. The van der Waals surface area contributed by atoms with Crippen LogP contribution < -0.4 is 10.1 Å². The van der Waals surface area contributed by atoms with E-state index in [-0.39, 0.29) is 18.1 Å². The molecule has 0 amide bonds. The van der Waals surface area contributed by atoms with Crippen molar-refractivity contribution in [1.29, 1.82) is 0 Å². The lowest BCUT2D eigenvalue weighted by Crippen LogP contribution is -2.38. The largest absolute Gasteiger partial charge is 0.496 e. The van der Waals surface area contributed by atoms with E-state index in [2.05, 4.69) is 5.32 Å². The zero-order valence-corrected chi connectivity index (χ0v) is 11.4. The van der Waals surface area contributed by atoms with E-state index in [1.807, 2.05) is 38.1 Å². The van der Waals surface area contributed by atoms with Gasteiger partial charge >= 0.3 is 5.97 Å². The van der Waals surface area contributed by atoms with Crippen LogP contribution >= 0.6 is 0 Å². The lowest BCUT2D eigenvalue weighted by Gasteiger charge is -2.22. The van der Waals surface area contributed by atoms with Gasteiger partial charge in [-0.05, 0) is 19.4 Å². The SMILES string of the molecule is CCC(N[C@@H](C)c1ccccc1OC)C(=O)OC. The van der Waals surface area contributed by atoms with Crippen molar-refractivity contribution in [2.24, 2.45) is 0 Å². The van der Waals surface area contributed by atoms with Gasteiger partial charge in [-0.15, -0.1) is 0 Å². The maximum absolute atomic E-state index is 11.5. The number of para-hydroxylation sites is 1. The molecular weight excluding hydrogens is 230 g/mol. The molecule has 0 aliphatic carbocycles. The zero-order chi connectivity index (χ0) is 13.5. The minimum Gasteiger partial charge on any atom is -0.496 e. The minimum absolute atomic E-state index is 0.0187. The molecule has 0 aliphatic heterocycles. The molecule has 2 atom stereocenters. The lowest BCUT2D eigenvalue weighted by atomic mass is 10.1. The van der Waals surface area contributed by atoms with Crippen molar-refractivity contribution in [2.45, 2.75) is 32.4 Å². The van der Waals surface area contributed by atoms with E-state index in [1.54, 1.807) is 7.11 Å². The fourth-order valence-electron chi connectivity index (χ4n) is 1.91. The average Bonchev–Trinajstić information content (AvgIpc) is 2.43. The molecule has 0 spiro atoms. The monoisotopic (exact) mass is 251 g/mol. The Balaban J connectivity index is 2.80. The van der Waals surface area contributed by atoms with Crippen LogP contribution in [0.3, 0.4) is 0 Å². The van der Waals surface area contributed by atoms with Gasteiger partial charge in [0, 0.05) is 11.6 Å². The van der Waals surface area contributed by atoms with Gasteiger partial charge in [-0.3, -0.25) is 10.1 Å². The molecule has 1 rings (SSSR count). The number of rotatable bonds is 6. The van der Waals surface area contributed by atoms with Crippen LogP contribution in [0.5, 0.6) is 5.75 Å². The first-order chi connectivity index (χ1) is 8.63. The summed E-state index contributed by atoms with van der Waals surface area (Å²) >= 11 is 0. The summed E-state index contributed by atoms with van der Waals surface area (Å²) in [7, 11) is 3.05. The Labute approximate surface area is 108 Å². The highest BCUT2D eigenvalue weighted by atomic mass is 16.5. The van der Waals surface area contributed by atoms with Crippen LogP contribution in [0.15, 0.2) is 24.3 Å². The van der Waals surface area contributed by atoms with Crippen LogP contribution in [0.4, 0.5) is 0 Å². The number of hydrogen-bond acceptors (Lipinski definition) is 4. The summed E-state index contributed by atoms with van der Waals surface area (Å²) in [5.41, 5.74) is 1.03. The van der Waals surface area contributed by atoms with Gasteiger partial charge in [0.25, 0.3) is 0 Å².